The quantitative estimate of drug-likeness (QED) is 0.712. The van der Waals surface area contributed by atoms with Gasteiger partial charge in [0.1, 0.15) is 0 Å². The van der Waals surface area contributed by atoms with Gasteiger partial charge in [0.2, 0.25) is 0 Å². The minimum absolute atomic E-state index is 0.183. The number of unbranched alkanes of at least 4 members (excludes halogenated alkanes) is 2. The van der Waals surface area contributed by atoms with Crippen molar-refractivity contribution in [1.29, 1.82) is 0 Å². The molecule has 0 radical (unpaired) electrons. The van der Waals surface area contributed by atoms with Crippen LogP contribution in [0.1, 0.15) is 36.8 Å². The molecule has 1 heterocycles. The SMILES string of the molecule is CCCCCc1nc(N)sc1CCO. The molecule has 0 aliphatic heterocycles. The van der Waals surface area contributed by atoms with E-state index < -0.39 is 0 Å². The van der Waals surface area contributed by atoms with E-state index in [-0.39, 0.29) is 6.61 Å². The summed E-state index contributed by atoms with van der Waals surface area (Å²) in [6, 6.07) is 0. The van der Waals surface area contributed by atoms with E-state index in [1.807, 2.05) is 0 Å². The monoisotopic (exact) mass is 214 g/mol. The molecule has 1 aromatic rings. The van der Waals surface area contributed by atoms with Crippen molar-refractivity contribution in [2.75, 3.05) is 12.3 Å². The van der Waals surface area contributed by atoms with Gasteiger partial charge in [-0.15, -0.1) is 11.3 Å². The zero-order chi connectivity index (χ0) is 10.4. The van der Waals surface area contributed by atoms with Crippen LogP contribution in [0.2, 0.25) is 0 Å². The van der Waals surface area contributed by atoms with Gasteiger partial charge < -0.3 is 10.8 Å². The van der Waals surface area contributed by atoms with Gasteiger partial charge in [-0.2, -0.15) is 0 Å². The standard InChI is InChI=1S/C10H18N2OS/c1-2-3-4-5-8-9(6-7-13)14-10(11)12-8/h13H,2-7H2,1H3,(H2,11,12). The highest BCUT2D eigenvalue weighted by molar-refractivity contribution is 7.15. The molecule has 3 N–H and O–H groups in total. The molecule has 0 amide bonds. The molecule has 1 aromatic heterocycles. The molecule has 0 saturated heterocycles. The van der Waals surface area contributed by atoms with Gasteiger partial charge in [-0.25, -0.2) is 4.98 Å². The summed E-state index contributed by atoms with van der Waals surface area (Å²) in [6.07, 6.45) is 5.30. The van der Waals surface area contributed by atoms with E-state index in [9.17, 15) is 0 Å². The van der Waals surface area contributed by atoms with Crippen LogP contribution in [0, 0.1) is 0 Å². The topological polar surface area (TPSA) is 59.1 Å². The average Bonchev–Trinajstić information content (AvgIpc) is 2.48. The molecule has 3 nitrogen and oxygen atoms in total. The van der Waals surface area contributed by atoms with Crippen LogP contribution >= 0.6 is 11.3 Å². The Bertz CT molecular complexity index is 273. The molecule has 0 unspecified atom stereocenters. The van der Waals surface area contributed by atoms with Crippen LogP contribution in [-0.2, 0) is 12.8 Å². The Morgan fingerprint density at radius 1 is 1.36 bits per heavy atom. The summed E-state index contributed by atoms with van der Waals surface area (Å²) >= 11 is 1.50. The van der Waals surface area contributed by atoms with Crippen molar-refractivity contribution in [3.05, 3.63) is 10.6 Å². The number of nitrogens with zero attached hydrogens (tertiary/aromatic N) is 1. The second-order valence-corrected chi connectivity index (χ2v) is 4.47. The average molecular weight is 214 g/mol. The van der Waals surface area contributed by atoms with E-state index in [1.165, 1.54) is 24.2 Å². The van der Waals surface area contributed by atoms with Crippen molar-refractivity contribution in [3.8, 4) is 0 Å². The normalized spacial score (nSPS) is 10.7. The van der Waals surface area contributed by atoms with Crippen molar-refractivity contribution in [2.24, 2.45) is 0 Å². The van der Waals surface area contributed by atoms with Gasteiger partial charge in [-0.05, 0) is 12.8 Å². The highest BCUT2D eigenvalue weighted by Gasteiger charge is 2.08. The Labute approximate surface area is 89.0 Å². The van der Waals surface area contributed by atoms with E-state index in [4.69, 9.17) is 10.8 Å². The third kappa shape index (κ3) is 3.27. The third-order valence-electron chi connectivity index (χ3n) is 2.15. The van der Waals surface area contributed by atoms with Crippen LogP contribution in [0.25, 0.3) is 0 Å². The lowest BCUT2D eigenvalue weighted by Crippen LogP contribution is -1.95. The number of aryl methyl sites for hydroxylation is 1. The molecule has 80 valence electrons. The van der Waals surface area contributed by atoms with Gasteiger partial charge in [-0.1, -0.05) is 19.8 Å². The lowest BCUT2D eigenvalue weighted by atomic mass is 10.1. The highest BCUT2D eigenvalue weighted by atomic mass is 32.1. The van der Waals surface area contributed by atoms with Crippen molar-refractivity contribution in [1.82, 2.24) is 4.98 Å². The van der Waals surface area contributed by atoms with Gasteiger partial charge in [0.15, 0.2) is 5.13 Å². The number of anilines is 1. The fourth-order valence-corrected chi connectivity index (χ4v) is 2.31. The summed E-state index contributed by atoms with van der Waals surface area (Å²) in [5.41, 5.74) is 6.73. The zero-order valence-electron chi connectivity index (χ0n) is 8.62. The van der Waals surface area contributed by atoms with Crippen LogP contribution in [0.3, 0.4) is 0 Å². The Hall–Kier alpha value is -0.610. The number of nitrogen functional groups attached to an aromatic ring is 1. The molecule has 4 heteroatoms. The zero-order valence-corrected chi connectivity index (χ0v) is 9.44. The summed E-state index contributed by atoms with van der Waals surface area (Å²) in [6.45, 7) is 2.37. The Kier molecular flexibility index (Phi) is 4.90. The van der Waals surface area contributed by atoms with E-state index in [0.717, 1.165) is 23.4 Å². The summed E-state index contributed by atoms with van der Waals surface area (Å²) in [5, 5.41) is 9.49. The van der Waals surface area contributed by atoms with Gasteiger partial charge in [-0.3, -0.25) is 0 Å². The first-order chi connectivity index (χ1) is 6.77. The molecule has 0 atom stereocenters. The first kappa shape index (κ1) is 11.5. The molecule has 0 saturated carbocycles. The number of nitrogens with two attached hydrogens (primary N) is 1. The van der Waals surface area contributed by atoms with Crippen molar-refractivity contribution in [2.45, 2.75) is 39.0 Å². The van der Waals surface area contributed by atoms with Crippen molar-refractivity contribution >= 4 is 16.5 Å². The van der Waals surface area contributed by atoms with Gasteiger partial charge in [0.05, 0.1) is 5.69 Å². The lowest BCUT2D eigenvalue weighted by molar-refractivity contribution is 0.300. The molecular weight excluding hydrogens is 196 g/mol. The predicted octanol–water partition coefficient (Wildman–Crippen LogP) is 1.99. The van der Waals surface area contributed by atoms with E-state index >= 15 is 0 Å². The second-order valence-electron chi connectivity index (χ2n) is 3.35. The van der Waals surface area contributed by atoms with E-state index in [2.05, 4.69) is 11.9 Å². The molecule has 0 fully saturated rings. The summed E-state index contributed by atoms with van der Waals surface area (Å²) in [4.78, 5) is 5.44. The van der Waals surface area contributed by atoms with E-state index in [0.29, 0.717) is 11.6 Å². The molecule has 0 spiro atoms. The van der Waals surface area contributed by atoms with Crippen molar-refractivity contribution < 1.29 is 5.11 Å². The summed E-state index contributed by atoms with van der Waals surface area (Å²) < 4.78 is 0. The molecule has 0 aromatic carbocycles. The summed E-state index contributed by atoms with van der Waals surface area (Å²) in [5.74, 6) is 0. The maximum absolute atomic E-state index is 8.86. The smallest absolute Gasteiger partial charge is 0.180 e. The van der Waals surface area contributed by atoms with Crippen molar-refractivity contribution in [3.63, 3.8) is 0 Å². The lowest BCUT2D eigenvalue weighted by Gasteiger charge is -1.99. The maximum atomic E-state index is 8.86. The van der Waals surface area contributed by atoms with Gasteiger partial charge >= 0.3 is 0 Å². The fourth-order valence-electron chi connectivity index (χ4n) is 1.44. The first-order valence-electron chi connectivity index (χ1n) is 5.12. The predicted molar refractivity (Wildman–Crippen MR) is 60.5 cm³/mol. The Morgan fingerprint density at radius 3 is 2.79 bits per heavy atom. The van der Waals surface area contributed by atoms with E-state index in [1.54, 1.807) is 0 Å². The van der Waals surface area contributed by atoms with Crippen LogP contribution in [0.15, 0.2) is 0 Å². The third-order valence-corrected chi connectivity index (χ3v) is 3.14. The highest BCUT2D eigenvalue weighted by Crippen LogP contribution is 2.22. The molecule has 0 aliphatic rings. The van der Waals surface area contributed by atoms with Crippen LogP contribution in [-0.4, -0.2) is 16.7 Å². The molecule has 14 heavy (non-hydrogen) atoms. The number of aromatic nitrogens is 1. The van der Waals surface area contributed by atoms with Gasteiger partial charge in [0, 0.05) is 17.9 Å². The minimum atomic E-state index is 0.183. The molecule has 1 rings (SSSR count). The first-order valence-corrected chi connectivity index (χ1v) is 5.94. The number of thiazole rings is 1. The number of hydrogen-bond donors (Lipinski definition) is 2. The molecule has 0 aliphatic carbocycles. The number of hydrogen-bond acceptors (Lipinski definition) is 4. The maximum Gasteiger partial charge on any atom is 0.180 e. The fraction of sp³-hybridized carbons (Fsp3) is 0.700. The Balaban J connectivity index is 2.54. The number of rotatable bonds is 6. The van der Waals surface area contributed by atoms with Crippen LogP contribution in [0.5, 0.6) is 0 Å². The summed E-state index contributed by atoms with van der Waals surface area (Å²) in [7, 11) is 0. The minimum Gasteiger partial charge on any atom is -0.396 e. The number of aliphatic hydroxyl groups is 1. The second kappa shape index (κ2) is 5.98. The van der Waals surface area contributed by atoms with Gasteiger partial charge in [0.25, 0.3) is 0 Å². The molecular formula is C10H18N2OS. The van der Waals surface area contributed by atoms with Crippen LogP contribution < -0.4 is 5.73 Å². The Morgan fingerprint density at radius 2 is 2.14 bits per heavy atom. The number of aliphatic hydroxyl groups excluding tert-OH is 1. The van der Waals surface area contributed by atoms with Crippen LogP contribution in [0.4, 0.5) is 5.13 Å². The largest absolute Gasteiger partial charge is 0.396 e. The molecule has 0 bridgehead atoms.